The van der Waals surface area contributed by atoms with E-state index in [1.165, 1.54) is 6.07 Å². The van der Waals surface area contributed by atoms with Gasteiger partial charge in [0.15, 0.2) is 0 Å². The molecule has 1 N–H and O–H groups in total. The fraction of sp³-hybridized carbons (Fsp3) is 0. The third-order valence-electron chi connectivity index (χ3n) is 1.12. The van der Waals surface area contributed by atoms with Gasteiger partial charge in [-0.05, 0) is 28.7 Å². The van der Waals surface area contributed by atoms with E-state index < -0.39 is 0 Å². The number of halogens is 2. The van der Waals surface area contributed by atoms with Crippen molar-refractivity contribution in [3.8, 4) is 0 Å². The molecule has 0 fully saturated rings. The van der Waals surface area contributed by atoms with Crippen LogP contribution in [-0.2, 0) is 0 Å². The Balaban J connectivity index is 3.14. The molecule has 1 aromatic rings. The summed E-state index contributed by atoms with van der Waals surface area (Å²) in [7, 11) is 0. The van der Waals surface area contributed by atoms with Gasteiger partial charge in [0, 0.05) is 9.13 Å². The highest BCUT2D eigenvalue weighted by molar-refractivity contribution is 14.1. The van der Waals surface area contributed by atoms with Crippen molar-refractivity contribution in [3.05, 3.63) is 39.8 Å². The van der Waals surface area contributed by atoms with E-state index in [0.29, 0.717) is 3.57 Å². The van der Waals surface area contributed by atoms with Gasteiger partial charge in [-0.3, -0.25) is 0 Å². The Morgan fingerprint density at radius 1 is 1.50 bits per heavy atom. The van der Waals surface area contributed by atoms with Crippen molar-refractivity contribution in [1.29, 1.82) is 0 Å². The molecule has 0 aliphatic rings. The summed E-state index contributed by atoms with van der Waals surface area (Å²) in [6.45, 7) is 0.761. The maximum Gasteiger partial charge on any atom is 0.142 e. The van der Waals surface area contributed by atoms with E-state index in [9.17, 15) is 4.39 Å². The minimum Gasteiger partial charge on any atom is -0.385 e. The molecular weight excluding hydrogens is 246 g/mol. The van der Waals surface area contributed by atoms with E-state index >= 15 is 0 Å². The van der Waals surface area contributed by atoms with E-state index in [1.807, 2.05) is 22.6 Å². The first-order valence-corrected chi connectivity index (χ1v) is 3.75. The normalized spacial score (nSPS) is 9.90. The predicted molar refractivity (Wildman–Crippen MR) is 44.5 cm³/mol. The van der Waals surface area contributed by atoms with Gasteiger partial charge in [-0.25, -0.2) is 4.39 Å². The molecule has 0 spiro atoms. The average molecular weight is 251 g/mol. The van der Waals surface area contributed by atoms with Gasteiger partial charge in [0.2, 0.25) is 0 Å². The summed E-state index contributed by atoms with van der Waals surface area (Å²) < 4.78 is 13.3. The lowest BCUT2D eigenvalue weighted by Crippen LogP contribution is -1.89. The predicted octanol–water partition coefficient (Wildman–Crippen LogP) is 2.31. The van der Waals surface area contributed by atoms with Crippen LogP contribution in [0.2, 0.25) is 0 Å². The third-order valence-corrected chi connectivity index (χ3v) is 1.95. The number of aliphatic hydroxyl groups excluding tert-OH is 1. The van der Waals surface area contributed by atoms with Crippen molar-refractivity contribution in [2.75, 3.05) is 0 Å². The van der Waals surface area contributed by atoms with Crippen LogP contribution in [0.3, 0.4) is 0 Å². The first-order valence-electron chi connectivity index (χ1n) is 2.67. The molecule has 0 unspecified atom stereocenters. The summed E-state index contributed by atoms with van der Waals surface area (Å²) in [4.78, 5) is 0. The molecule has 0 amide bonds. The molecule has 0 saturated carbocycles. The molecule has 10 heavy (non-hydrogen) atoms. The van der Waals surface area contributed by atoms with Crippen molar-refractivity contribution in [1.82, 2.24) is 0 Å². The smallest absolute Gasteiger partial charge is 0.142 e. The van der Waals surface area contributed by atoms with Gasteiger partial charge in [0.05, 0.1) is 0 Å². The maximum absolute atomic E-state index is 12.8. The number of hydrogen-bond donors (Lipinski definition) is 1. The Bertz CT molecular complexity index is 237. The molecule has 1 rings (SSSR count). The Kier molecular flexibility index (Phi) is 2.62. The highest BCUT2D eigenvalue weighted by Crippen LogP contribution is 2.14. The summed E-state index contributed by atoms with van der Waals surface area (Å²) >= 11 is 1.87. The van der Waals surface area contributed by atoms with Crippen LogP contribution in [0.1, 0.15) is 5.56 Å². The Labute approximate surface area is 72.0 Å². The molecular formula is C7H5FIO. The monoisotopic (exact) mass is 251 g/mol. The van der Waals surface area contributed by atoms with E-state index in [0.717, 1.165) is 6.61 Å². The third kappa shape index (κ3) is 1.46. The van der Waals surface area contributed by atoms with Gasteiger partial charge in [-0.1, -0.05) is 12.1 Å². The summed E-state index contributed by atoms with van der Waals surface area (Å²) in [5, 5.41) is 8.47. The van der Waals surface area contributed by atoms with Crippen LogP contribution in [-0.4, -0.2) is 5.11 Å². The van der Waals surface area contributed by atoms with Crippen LogP contribution in [0.25, 0.3) is 0 Å². The molecule has 0 atom stereocenters. The summed E-state index contributed by atoms with van der Waals surface area (Å²) in [5.74, 6) is -0.370. The quantitative estimate of drug-likeness (QED) is 0.759. The molecule has 0 heterocycles. The van der Waals surface area contributed by atoms with Crippen LogP contribution < -0.4 is 0 Å². The first-order chi connectivity index (χ1) is 4.75. The largest absolute Gasteiger partial charge is 0.385 e. The van der Waals surface area contributed by atoms with Crippen LogP contribution in [0.5, 0.6) is 0 Å². The second-order valence-corrected chi connectivity index (χ2v) is 2.93. The molecule has 0 aliphatic carbocycles. The fourth-order valence-electron chi connectivity index (χ4n) is 0.620. The zero-order valence-electron chi connectivity index (χ0n) is 5.01. The number of aliphatic hydroxyl groups is 1. The zero-order valence-corrected chi connectivity index (χ0v) is 7.17. The van der Waals surface area contributed by atoms with Crippen LogP contribution >= 0.6 is 22.6 Å². The Morgan fingerprint density at radius 3 is 2.70 bits per heavy atom. The van der Waals surface area contributed by atoms with Crippen molar-refractivity contribution >= 4 is 22.6 Å². The van der Waals surface area contributed by atoms with Crippen molar-refractivity contribution in [2.45, 2.75) is 0 Å². The Hall–Kier alpha value is -0.160. The second kappa shape index (κ2) is 3.30. The Morgan fingerprint density at radius 2 is 2.20 bits per heavy atom. The minimum absolute atomic E-state index is 0.229. The number of benzene rings is 1. The van der Waals surface area contributed by atoms with Crippen molar-refractivity contribution in [3.63, 3.8) is 0 Å². The van der Waals surface area contributed by atoms with E-state index in [-0.39, 0.29) is 11.4 Å². The fourth-order valence-corrected chi connectivity index (χ4v) is 1.14. The maximum atomic E-state index is 12.8. The lowest BCUT2D eigenvalue weighted by molar-refractivity contribution is 0.407. The van der Waals surface area contributed by atoms with Gasteiger partial charge in [0.25, 0.3) is 0 Å². The highest BCUT2D eigenvalue weighted by atomic mass is 127. The lowest BCUT2D eigenvalue weighted by Gasteiger charge is -1.97. The van der Waals surface area contributed by atoms with Gasteiger partial charge in [-0.2, -0.15) is 0 Å². The van der Waals surface area contributed by atoms with E-state index in [2.05, 4.69) is 0 Å². The van der Waals surface area contributed by atoms with Crippen LogP contribution in [0, 0.1) is 16.0 Å². The molecule has 0 saturated heterocycles. The van der Waals surface area contributed by atoms with Gasteiger partial charge in [-0.15, -0.1) is 0 Å². The van der Waals surface area contributed by atoms with Crippen LogP contribution in [0.4, 0.5) is 4.39 Å². The minimum atomic E-state index is -0.370. The van der Waals surface area contributed by atoms with E-state index in [1.54, 1.807) is 12.1 Å². The van der Waals surface area contributed by atoms with E-state index in [4.69, 9.17) is 5.11 Å². The topological polar surface area (TPSA) is 20.2 Å². The molecule has 0 bridgehead atoms. The van der Waals surface area contributed by atoms with Gasteiger partial charge in [0.1, 0.15) is 12.4 Å². The number of rotatable bonds is 1. The average Bonchev–Trinajstić information content (AvgIpc) is 1.95. The zero-order chi connectivity index (χ0) is 7.56. The van der Waals surface area contributed by atoms with Gasteiger partial charge < -0.3 is 5.11 Å². The highest BCUT2D eigenvalue weighted by Gasteiger charge is 2.02. The molecule has 1 aromatic carbocycles. The number of hydrogen-bond acceptors (Lipinski definition) is 1. The van der Waals surface area contributed by atoms with Crippen LogP contribution in [0.15, 0.2) is 18.2 Å². The second-order valence-electron chi connectivity index (χ2n) is 1.77. The SMILES string of the molecule is O[CH]c1cccc(I)c1F. The molecule has 1 nitrogen and oxygen atoms in total. The molecule has 0 aliphatic heterocycles. The molecule has 53 valence electrons. The summed E-state index contributed by atoms with van der Waals surface area (Å²) in [6.07, 6.45) is 0. The van der Waals surface area contributed by atoms with Crippen molar-refractivity contribution < 1.29 is 9.50 Å². The molecule has 3 heteroatoms. The summed E-state index contributed by atoms with van der Waals surface area (Å²) in [5.41, 5.74) is 0.229. The molecule has 0 aromatic heterocycles. The van der Waals surface area contributed by atoms with Crippen molar-refractivity contribution in [2.24, 2.45) is 0 Å². The molecule has 1 radical (unpaired) electrons. The first kappa shape index (κ1) is 7.94. The summed E-state index contributed by atoms with van der Waals surface area (Å²) in [6, 6.07) is 4.84. The van der Waals surface area contributed by atoms with Gasteiger partial charge >= 0.3 is 0 Å². The standard InChI is InChI=1S/C7H5FIO/c8-7-5(4-10)2-1-3-6(7)9/h1-4,10H. The lowest BCUT2D eigenvalue weighted by atomic mass is 10.2.